The van der Waals surface area contributed by atoms with Gasteiger partial charge in [-0.05, 0) is 32.1 Å². The van der Waals surface area contributed by atoms with E-state index in [1.165, 1.54) is 6.07 Å². The zero-order valence-corrected chi connectivity index (χ0v) is 12.7. The minimum absolute atomic E-state index is 0.125. The second-order valence-corrected chi connectivity index (χ2v) is 6.26. The van der Waals surface area contributed by atoms with Crippen LogP contribution in [-0.2, 0) is 0 Å². The monoisotopic (exact) mass is 292 g/mol. The molecule has 5 heteroatoms. The lowest BCUT2D eigenvalue weighted by Gasteiger charge is -2.45. The molecule has 1 aromatic carbocycles. The Hall–Kier alpha value is -1.17. The van der Waals surface area contributed by atoms with Crippen molar-refractivity contribution < 1.29 is 4.39 Å². The molecule has 0 radical (unpaired) electrons. The number of hydrogen-bond donors (Lipinski definition) is 1. The third-order valence-corrected chi connectivity index (χ3v) is 4.81. The number of nitrogens with zero attached hydrogens (tertiary/aromatic N) is 3. The summed E-state index contributed by atoms with van der Waals surface area (Å²) in [7, 11) is 2.16. The Balaban J connectivity index is 1.61. The fourth-order valence-corrected chi connectivity index (χ4v) is 3.50. The average Bonchev–Trinajstić information content (AvgIpc) is 2.50. The molecule has 4 nitrogen and oxygen atoms in total. The summed E-state index contributed by atoms with van der Waals surface area (Å²) in [4.78, 5) is 6.98. The summed E-state index contributed by atoms with van der Waals surface area (Å²) >= 11 is 0. The number of piperidine rings is 1. The molecule has 0 bridgehead atoms. The summed E-state index contributed by atoms with van der Waals surface area (Å²) in [6.45, 7) is 5.79. The summed E-state index contributed by atoms with van der Waals surface area (Å²) in [5.74, 6) is -0.125. The highest BCUT2D eigenvalue weighted by Crippen LogP contribution is 2.22. The van der Waals surface area contributed by atoms with Gasteiger partial charge in [-0.25, -0.2) is 4.39 Å². The summed E-state index contributed by atoms with van der Waals surface area (Å²) in [5.41, 5.74) is 7.02. The number of likely N-dealkylation sites (tertiary alicyclic amines) is 1. The van der Waals surface area contributed by atoms with Crippen molar-refractivity contribution >= 4 is 5.69 Å². The van der Waals surface area contributed by atoms with E-state index in [4.69, 9.17) is 5.73 Å². The molecule has 2 aliphatic heterocycles. The molecule has 3 rings (SSSR count). The van der Waals surface area contributed by atoms with Crippen LogP contribution >= 0.6 is 0 Å². The SMILES string of the molecule is CN1CCC(N)C(N2CCN(c3ccccc3F)CC2)C1. The molecular formula is C16H25FN4. The molecule has 2 heterocycles. The molecule has 116 valence electrons. The number of halogens is 1. The van der Waals surface area contributed by atoms with Gasteiger partial charge in [-0.2, -0.15) is 0 Å². The Morgan fingerprint density at radius 2 is 1.81 bits per heavy atom. The van der Waals surface area contributed by atoms with Crippen LogP contribution in [0.5, 0.6) is 0 Å². The van der Waals surface area contributed by atoms with E-state index in [1.807, 2.05) is 12.1 Å². The molecule has 2 N–H and O–H groups in total. The predicted molar refractivity (Wildman–Crippen MR) is 84.1 cm³/mol. The smallest absolute Gasteiger partial charge is 0.146 e. The van der Waals surface area contributed by atoms with Crippen LogP contribution < -0.4 is 10.6 Å². The van der Waals surface area contributed by atoms with Crippen LogP contribution in [0.1, 0.15) is 6.42 Å². The Morgan fingerprint density at radius 1 is 1.10 bits per heavy atom. The van der Waals surface area contributed by atoms with Crippen molar-refractivity contribution in [1.29, 1.82) is 0 Å². The minimum Gasteiger partial charge on any atom is -0.367 e. The standard InChI is InChI=1S/C16H25FN4/c1-19-7-6-14(18)16(12-19)21-10-8-20(9-11-21)15-5-3-2-4-13(15)17/h2-5,14,16H,6-12,18H2,1H3. The van der Waals surface area contributed by atoms with Crippen LogP contribution in [0.4, 0.5) is 10.1 Å². The topological polar surface area (TPSA) is 35.7 Å². The van der Waals surface area contributed by atoms with E-state index in [0.717, 1.165) is 51.4 Å². The van der Waals surface area contributed by atoms with Gasteiger partial charge in [0.05, 0.1) is 5.69 Å². The maximum absolute atomic E-state index is 13.9. The third-order valence-electron chi connectivity index (χ3n) is 4.81. The lowest BCUT2D eigenvalue weighted by molar-refractivity contribution is 0.0900. The van der Waals surface area contributed by atoms with E-state index in [1.54, 1.807) is 6.07 Å². The van der Waals surface area contributed by atoms with E-state index in [0.29, 0.717) is 6.04 Å². The number of anilines is 1. The van der Waals surface area contributed by atoms with Gasteiger partial charge in [0.1, 0.15) is 5.82 Å². The number of likely N-dealkylation sites (N-methyl/N-ethyl adjacent to an activating group) is 1. The maximum atomic E-state index is 13.9. The quantitative estimate of drug-likeness (QED) is 0.881. The number of piperazine rings is 1. The number of nitrogens with two attached hydrogens (primary N) is 1. The number of hydrogen-bond acceptors (Lipinski definition) is 4. The summed E-state index contributed by atoms with van der Waals surface area (Å²) in [6, 6.07) is 7.74. The molecule has 0 spiro atoms. The molecular weight excluding hydrogens is 267 g/mol. The summed E-state index contributed by atoms with van der Waals surface area (Å²) in [6.07, 6.45) is 1.06. The highest BCUT2D eigenvalue weighted by molar-refractivity contribution is 5.48. The molecule has 0 amide bonds. The van der Waals surface area contributed by atoms with Crippen LogP contribution in [0.3, 0.4) is 0 Å². The van der Waals surface area contributed by atoms with Crippen LogP contribution in [0, 0.1) is 5.82 Å². The van der Waals surface area contributed by atoms with Gasteiger partial charge in [0.25, 0.3) is 0 Å². The van der Waals surface area contributed by atoms with E-state index in [-0.39, 0.29) is 11.9 Å². The molecule has 2 fully saturated rings. The van der Waals surface area contributed by atoms with E-state index < -0.39 is 0 Å². The molecule has 1 aromatic rings. The molecule has 2 aliphatic rings. The zero-order valence-electron chi connectivity index (χ0n) is 12.7. The summed E-state index contributed by atoms with van der Waals surface area (Å²) in [5, 5.41) is 0. The predicted octanol–water partition coefficient (Wildman–Crippen LogP) is 0.979. The molecule has 0 aliphatic carbocycles. The second-order valence-electron chi connectivity index (χ2n) is 6.26. The maximum Gasteiger partial charge on any atom is 0.146 e. The number of para-hydroxylation sites is 1. The van der Waals surface area contributed by atoms with Gasteiger partial charge in [-0.15, -0.1) is 0 Å². The van der Waals surface area contributed by atoms with Gasteiger partial charge in [0.2, 0.25) is 0 Å². The van der Waals surface area contributed by atoms with Crippen molar-refractivity contribution in [3.63, 3.8) is 0 Å². The number of rotatable bonds is 2. The van der Waals surface area contributed by atoms with Crippen LogP contribution in [0.15, 0.2) is 24.3 Å². The van der Waals surface area contributed by atoms with Crippen molar-refractivity contribution in [2.24, 2.45) is 5.73 Å². The molecule has 21 heavy (non-hydrogen) atoms. The fraction of sp³-hybridized carbons (Fsp3) is 0.625. The third kappa shape index (κ3) is 3.20. The first-order valence-electron chi connectivity index (χ1n) is 7.83. The van der Waals surface area contributed by atoms with Gasteiger partial charge in [-0.3, -0.25) is 4.90 Å². The van der Waals surface area contributed by atoms with Crippen molar-refractivity contribution in [1.82, 2.24) is 9.80 Å². The fourth-order valence-electron chi connectivity index (χ4n) is 3.50. The van der Waals surface area contributed by atoms with Crippen LogP contribution in [-0.4, -0.2) is 68.2 Å². The Labute approximate surface area is 126 Å². The first-order chi connectivity index (χ1) is 10.1. The largest absolute Gasteiger partial charge is 0.367 e. The molecule has 2 unspecified atom stereocenters. The van der Waals surface area contributed by atoms with E-state index in [2.05, 4.69) is 21.7 Å². The molecule has 2 saturated heterocycles. The zero-order chi connectivity index (χ0) is 14.8. The molecule has 2 atom stereocenters. The summed E-state index contributed by atoms with van der Waals surface area (Å²) < 4.78 is 13.9. The molecule has 0 saturated carbocycles. The first kappa shape index (κ1) is 14.8. The van der Waals surface area contributed by atoms with Crippen molar-refractivity contribution in [3.8, 4) is 0 Å². The van der Waals surface area contributed by atoms with Gasteiger partial charge < -0.3 is 15.5 Å². The van der Waals surface area contributed by atoms with E-state index >= 15 is 0 Å². The Kier molecular flexibility index (Phi) is 4.42. The highest BCUT2D eigenvalue weighted by Gasteiger charge is 2.32. The normalized spacial score (nSPS) is 28.8. The van der Waals surface area contributed by atoms with Gasteiger partial charge in [0, 0.05) is 44.8 Å². The van der Waals surface area contributed by atoms with Crippen molar-refractivity contribution in [2.75, 3.05) is 51.2 Å². The van der Waals surface area contributed by atoms with Gasteiger partial charge >= 0.3 is 0 Å². The Bertz CT molecular complexity index is 473. The van der Waals surface area contributed by atoms with Gasteiger partial charge in [0.15, 0.2) is 0 Å². The van der Waals surface area contributed by atoms with Crippen molar-refractivity contribution in [2.45, 2.75) is 18.5 Å². The van der Waals surface area contributed by atoms with E-state index in [9.17, 15) is 4.39 Å². The first-order valence-corrected chi connectivity index (χ1v) is 7.83. The number of benzene rings is 1. The minimum atomic E-state index is -0.125. The average molecular weight is 292 g/mol. The van der Waals surface area contributed by atoms with Crippen LogP contribution in [0.25, 0.3) is 0 Å². The molecule has 0 aromatic heterocycles. The second kappa shape index (κ2) is 6.30. The lowest BCUT2D eigenvalue weighted by atomic mass is 9.98. The Morgan fingerprint density at radius 3 is 2.52 bits per heavy atom. The lowest BCUT2D eigenvalue weighted by Crippen LogP contribution is -2.61. The van der Waals surface area contributed by atoms with Crippen LogP contribution in [0.2, 0.25) is 0 Å². The van der Waals surface area contributed by atoms with Gasteiger partial charge in [-0.1, -0.05) is 12.1 Å². The van der Waals surface area contributed by atoms with Crippen molar-refractivity contribution in [3.05, 3.63) is 30.1 Å². The highest BCUT2D eigenvalue weighted by atomic mass is 19.1.